The summed E-state index contributed by atoms with van der Waals surface area (Å²) in [4.78, 5) is 2.50. The quantitative estimate of drug-likeness (QED) is 0.687. The predicted molar refractivity (Wildman–Crippen MR) is 73.8 cm³/mol. The lowest BCUT2D eigenvalue weighted by atomic mass is 10.0. The van der Waals surface area contributed by atoms with Crippen molar-refractivity contribution in [2.75, 3.05) is 20.1 Å². The van der Waals surface area contributed by atoms with Gasteiger partial charge in [-0.15, -0.1) is 0 Å². The Morgan fingerprint density at radius 3 is 2.00 bits per heavy atom. The molecule has 98 valence electrons. The van der Waals surface area contributed by atoms with Crippen LogP contribution in [0.5, 0.6) is 0 Å². The Morgan fingerprint density at radius 1 is 1.00 bits per heavy atom. The molecule has 16 heavy (non-hydrogen) atoms. The number of hydrogen-bond donors (Lipinski definition) is 1. The third kappa shape index (κ3) is 5.86. The average molecular weight is 228 g/mol. The smallest absolute Gasteiger partial charge is 0.0104 e. The van der Waals surface area contributed by atoms with E-state index in [-0.39, 0.29) is 0 Å². The van der Waals surface area contributed by atoms with Crippen molar-refractivity contribution in [3.63, 3.8) is 0 Å². The van der Waals surface area contributed by atoms with Crippen LogP contribution in [0.25, 0.3) is 0 Å². The van der Waals surface area contributed by atoms with Gasteiger partial charge >= 0.3 is 0 Å². The van der Waals surface area contributed by atoms with Gasteiger partial charge in [-0.2, -0.15) is 0 Å². The molecule has 0 saturated carbocycles. The van der Waals surface area contributed by atoms with E-state index in [0.29, 0.717) is 18.0 Å². The first-order chi connectivity index (χ1) is 7.40. The van der Waals surface area contributed by atoms with Crippen LogP contribution in [0.2, 0.25) is 0 Å². The van der Waals surface area contributed by atoms with Gasteiger partial charge in [-0.25, -0.2) is 0 Å². The van der Waals surface area contributed by atoms with E-state index in [1.807, 2.05) is 0 Å². The molecule has 3 unspecified atom stereocenters. The van der Waals surface area contributed by atoms with Crippen LogP contribution in [0.15, 0.2) is 0 Å². The summed E-state index contributed by atoms with van der Waals surface area (Å²) in [5, 5.41) is 3.55. The molecule has 0 spiro atoms. The van der Waals surface area contributed by atoms with Crippen molar-refractivity contribution >= 4 is 0 Å². The maximum atomic E-state index is 3.55. The fourth-order valence-corrected chi connectivity index (χ4v) is 1.86. The molecule has 0 amide bonds. The number of hydrogen-bond acceptors (Lipinski definition) is 2. The summed E-state index contributed by atoms with van der Waals surface area (Å²) in [5.74, 6) is 1.45. The Morgan fingerprint density at radius 2 is 1.56 bits per heavy atom. The molecule has 0 aliphatic rings. The Labute approximate surface area is 103 Å². The molecule has 0 aromatic carbocycles. The van der Waals surface area contributed by atoms with Crippen molar-refractivity contribution in [3.05, 3.63) is 0 Å². The van der Waals surface area contributed by atoms with Gasteiger partial charge in [0.2, 0.25) is 0 Å². The molecule has 0 aromatic rings. The molecule has 2 heteroatoms. The summed E-state index contributed by atoms with van der Waals surface area (Å²) in [6, 6.07) is 1.33. The van der Waals surface area contributed by atoms with Crippen molar-refractivity contribution in [1.82, 2.24) is 10.2 Å². The van der Waals surface area contributed by atoms with E-state index in [1.165, 1.54) is 6.42 Å². The molecule has 0 bridgehead atoms. The second-order valence-electron chi connectivity index (χ2n) is 5.69. The van der Waals surface area contributed by atoms with Gasteiger partial charge in [0.1, 0.15) is 0 Å². The van der Waals surface area contributed by atoms with Gasteiger partial charge in [0.05, 0.1) is 0 Å². The lowest BCUT2D eigenvalue weighted by Gasteiger charge is -2.34. The highest BCUT2D eigenvalue weighted by Crippen LogP contribution is 2.13. The maximum Gasteiger partial charge on any atom is 0.0104 e. The molecule has 2 nitrogen and oxygen atoms in total. The second-order valence-corrected chi connectivity index (χ2v) is 5.69. The van der Waals surface area contributed by atoms with Gasteiger partial charge < -0.3 is 10.2 Å². The normalized spacial score (nSPS) is 17.8. The molecule has 3 atom stereocenters. The van der Waals surface area contributed by atoms with E-state index in [1.54, 1.807) is 0 Å². The van der Waals surface area contributed by atoms with Gasteiger partial charge in [0.25, 0.3) is 0 Å². The van der Waals surface area contributed by atoms with Crippen molar-refractivity contribution < 1.29 is 0 Å². The zero-order chi connectivity index (χ0) is 12.7. The molecule has 0 rings (SSSR count). The van der Waals surface area contributed by atoms with Crippen LogP contribution in [0.1, 0.15) is 48.0 Å². The fraction of sp³-hybridized carbons (Fsp3) is 1.00. The highest BCUT2D eigenvalue weighted by atomic mass is 15.2. The minimum absolute atomic E-state index is 0.648. The summed E-state index contributed by atoms with van der Waals surface area (Å²) in [6.07, 6.45) is 1.23. The van der Waals surface area contributed by atoms with Crippen LogP contribution >= 0.6 is 0 Å². The topological polar surface area (TPSA) is 15.3 Å². The monoisotopic (exact) mass is 228 g/mol. The number of nitrogens with zero attached hydrogens (tertiary/aromatic N) is 1. The van der Waals surface area contributed by atoms with Gasteiger partial charge in [-0.1, -0.05) is 27.7 Å². The van der Waals surface area contributed by atoms with Crippen LogP contribution in [-0.2, 0) is 0 Å². The number of nitrogens with one attached hydrogen (secondary N) is 1. The molecule has 0 fully saturated rings. The van der Waals surface area contributed by atoms with Crippen LogP contribution in [0.3, 0.4) is 0 Å². The van der Waals surface area contributed by atoms with Crippen molar-refractivity contribution in [3.8, 4) is 0 Å². The molecular formula is C14H32N2. The molecule has 0 saturated heterocycles. The zero-order valence-electron chi connectivity index (χ0n) is 12.4. The zero-order valence-corrected chi connectivity index (χ0v) is 12.4. The second kappa shape index (κ2) is 8.08. The largest absolute Gasteiger partial charge is 0.316 e. The van der Waals surface area contributed by atoms with E-state index < -0.39 is 0 Å². The summed E-state index contributed by atoms with van der Waals surface area (Å²) in [6.45, 7) is 16.0. The Hall–Kier alpha value is -0.0800. The van der Waals surface area contributed by atoms with E-state index in [9.17, 15) is 0 Å². The molecule has 0 aliphatic carbocycles. The van der Waals surface area contributed by atoms with Crippen LogP contribution in [0, 0.1) is 11.8 Å². The lowest BCUT2D eigenvalue weighted by Crippen LogP contribution is -2.43. The van der Waals surface area contributed by atoms with E-state index in [2.05, 4.69) is 58.8 Å². The third-order valence-electron chi connectivity index (χ3n) is 3.77. The van der Waals surface area contributed by atoms with Crippen LogP contribution in [0.4, 0.5) is 0 Å². The first-order valence-electron chi connectivity index (χ1n) is 6.82. The molecule has 1 N–H and O–H groups in total. The average Bonchev–Trinajstić information content (AvgIpc) is 2.25. The summed E-state index contributed by atoms with van der Waals surface area (Å²) in [7, 11) is 2.25. The van der Waals surface area contributed by atoms with Gasteiger partial charge in [0, 0.05) is 12.1 Å². The van der Waals surface area contributed by atoms with Gasteiger partial charge in [0.15, 0.2) is 0 Å². The molecular weight excluding hydrogens is 196 g/mol. The van der Waals surface area contributed by atoms with Gasteiger partial charge in [-0.3, -0.25) is 0 Å². The minimum Gasteiger partial charge on any atom is -0.316 e. The summed E-state index contributed by atoms with van der Waals surface area (Å²) < 4.78 is 0. The molecule has 0 radical (unpaired) electrons. The Bertz CT molecular complexity index is 168. The van der Waals surface area contributed by atoms with Gasteiger partial charge in [-0.05, 0) is 52.2 Å². The Balaban J connectivity index is 3.92. The SMILES string of the molecule is CCC(C)N(C)C(C)C(C)CNCC(C)C. The van der Waals surface area contributed by atoms with Crippen molar-refractivity contribution in [2.24, 2.45) is 11.8 Å². The standard InChI is InChI=1S/C14H32N2/c1-8-13(5)16(7)14(6)12(4)10-15-9-11(2)3/h11-15H,8-10H2,1-7H3. The van der Waals surface area contributed by atoms with Crippen LogP contribution in [-0.4, -0.2) is 37.1 Å². The first kappa shape index (κ1) is 15.9. The molecule has 0 aromatic heterocycles. The summed E-state index contributed by atoms with van der Waals surface area (Å²) in [5.41, 5.74) is 0. The minimum atomic E-state index is 0.648. The van der Waals surface area contributed by atoms with Crippen molar-refractivity contribution in [2.45, 2.75) is 60.0 Å². The maximum absolute atomic E-state index is 3.55. The van der Waals surface area contributed by atoms with E-state index in [0.717, 1.165) is 19.0 Å². The summed E-state index contributed by atoms with van der Waals surface area (Å²) >= 11 is 0. The van der Waals surface area contributed by atoms with E-state index >= 15 is 0 Å². The third-order valence-corrected chi connectivity index (χ3v) is 3.77. The number of rotatable bonds is 8. The highest BCUT2D eigenvalue weighted by Gasteiger charge is 2.19. The first-order valence-corrected chi connectivity index (χ1v) is 6.82. The van der Waals surface area contributed by atoms with Crippen molar-refractivity contribution in [1.29, 1.82) is 0 Å². The van der Waals surface area contributed by atoms with Crippen LogP contribution < -0.4 is 5.32 Å². The fourth-order valence-electron chi connectivity index (χ4n) is 1.86. The lowest BCUT2D eigenvalue weighted by molar-refractivity contribution is 0.146. The Kier molecular flexibility index (Phi) is 8.04. The highest BCUT2D eigenvalue weighted by molar-refractivity contribution is 4.75. The molecule has 0 heterocycles. The van der Waals surface area contributed by atoms with E-state index in [4.69, 9.17) is 0 Å². The molecule has 0 aliphatic heterocycles. The predicted octanol–water partition coefficient (Wildman–Crippen LogP) is 2.99.